The molecule has 0 atom stereocenters. The van der Waals surface area contributed by atoms with Gasteiger partial charge < -0.3 is 4.74 Å². The molecular formula is C10H9ClN2OS2. The minimum absolute atomic E-state index is 0.393. The average molecular weight is 273 g/mol. The number of thioether (sulfide) groups is 1. The molecule has 1 aromatic carbocycles. The number of ether oxygens (including phenoxy) is 1. The highest BCUT2D eigenvalue weighted by atomic mass is 35.5. The summed E-state index contributed by atoms with van der Waals surface area (Å²) in [5.41, 5.74) is 0.935. The van der Waals surface area contributed by atoms with Gasteiger partial charge in [0, 0.05) is 10.6 Å². The second-order valence-electron chi connectivity index (χ2n) is 2.93. The van der Waals surface area contributed by atoms with Gasteiger partial charge in [0.1, 0.15) is 6.61 Å². The molecule has 0 bridgehead atoms. The van der Waals surface area contributed by atoms with E-state index < -0.39 is 0 Å². The van der Waals surface area contributed by atoms with Gasteiger partial charge in [-0.1, -0.05) is 41.6 Å². The Morgan fingerprint density at radius 3 is 2.94 bits per heavy atom. The van der Waals surface area contributed by atoms with E-state index in [1.54, 1.807) is 11.8 Å². The van der Waals surface area contributed by atoms with Crippen LogP contribution < -0.4 is 4.74 Å². The van der Waals surface area contributed by atoms with E-state index in [0.29, 0.717) is 17.6 Å². The van der Waals surface area contributed by atoms with Gasteiger partial charge in [-0.05, 0) is 23.9 Å². The van der Waals surface area contributed by atoms with Gasteiger partial charge in [0.15, 0.2) is 4.34 Å². The number of hydrogen-bond donors (Lipinski definition) is 0. The minimum atomic E-state index is 0.393. The molecule has 2 rings (SSSR count). The first kappa shape index (κ1) is 11.7. The van der Waals surface area contributed by atoms with Crippen LogP contribution in [0.4, 0.5) is 0 Å². The first-order valence-electron chi connectivity index (χ1n) is 4.53. The van der Waals surface area contributed by atoms with Crippen molar-refractivity contribution in [3.63, 3.8) is 0 Å². The predicted molar refractivity (Wildman–Crippen MR) is 67.5 cm³/mol. The van der Waals surface area contributed by atoms with E-state index in [1.807, 2.05) is 30.5 Å². The molecular weight excluding hydrogens is 264 g/mol. The largest absolute Gasteiger partial charge is 0.458 e. The van der Waals surface area contributed by atoms with Crippen LogP contribution in [0, 0.1) is 0 Å². The zero-order chi connectivity index (χ0) is 11.4. The van der Waals surface area contributed by atoms with Crippen LogP contribution >= 0.6 is 34.9 Å². The zero-order valence-corrected chi connectivity index (χ0v) is 10.9. The lowest BCUT2D eigenvalue weighted by molar-refractivity contribution is 0.283. The molecule has 0 aliphatic rings. The minimum Gasteiger partial charge on any atom is -0.458 e. The maximum absolute atomic E-state index is 6.00. The van der Waals surface area contributed by atoms with E-state index >= 15 is 0 Å². The van der Waals surface area contributed by atoms with Gasteiger partial charge in [-0.25, -0.2) is 0 Å². The molecule has 0 aliphatic heterocycles. The highest BCUT2D eigenvalue weighted by Gasteiger charge is 2.05. The summed E-state index contributed by atoms with van der Waals surface area (Å²) in [6.45, 7) is 0.393. The molecule has 84 valence electrons. The maximum atomic E-state index is 6.00. The van der Waals surface area contributed by atoms with Crippen molar-refractivity contribution in [3.8, 4) is 6.01 Å². The van der Waals surface area contributed by atoms with Gasteiger partial charge in [-0.3, -0.25) is 0 Å². The van der Waals surface area contributed by atoms with Crippen molar-refractivity contribution in [3.05, 3.63) is 34.9 Å². The van der Waals surface area contributed by atoms with Crippen molar-refractivity contribution >= 4 is 34.9 Å². The van der Waals surface area contributed by atoms with Crippen LogP contribution in [-0.2, 0) is 6.61 Å². The van der Waals surface area contributed by atoms with Crippen molar-refractivity contribution in [2.75, 3.05) is 6.26 Å². The standard InChI is InChI=1S/C10H9ClN2OS2/c1-15-10-12-9(13-16-10)14-6-7-4-2-3-5-8(7)11/h2-5H,6H2,1H3. The third kappa shape index (κ3) is 2.87. The quantitative estimate of drug-likeness (QED) is 0.798. The summed E-state index contributed by atoms with van der Waals surface area (Å²) in [6, 6.07) is 7.98. The third-order valence-electron chi connectivity index (χ3n) is 1.88. The molecule has 0 N–H and O–H groups in total. The molecule has 0 spiro atoms. The highest BCUT2D eigenvalue weighted by molar-refractivity contribution is 8.00. The first-order valence-corrected chi connectivity index (χ1v) is 6.91. The summed E-state index contributed by atoms with van der Waals surface area (Å²) in [5, 5.41) is 0.697. The van der Waals surface area contributed by atoms with Gasteiger partial charge in [0.2, 0.25) is 0 Å². The van der Waals surface area contributed by atoms with E-state index in [1.165, 1.54) is 11.5 Å². The van der Waals surface area contributed by atoms with Crippen LogP contribution in [0.5, 0.6) is 6.01 Å². The Morgan fingerprint density at radius 1 is 1.44 bits per heavy atom. The molecule has 6 heteroatoms. The number of halogens is 1. The number of aromatic nitrogens is 2. The molecule has 0 amide bonds. The highest BCUT2D eigenvalue weighted by Crippen LogP contribution is 2.22. The monoisotopic (exact) mass is 272 g/mol. The van der Waals surface area contributed by atoms with Gasteiger partial charge >= 0.3 is 6.01 Å². The zero-order valence-electron chi connectivity index (χ0n) is 8.51. The molecule has 0 radical (unpaired) electrons. The van der Waals surface area contributed by atoms with E-state index in [0.717, 1.165) is 9.90 Å². The van der Waals surface area contributed by atoms with Gasteiger partial charge in [0.25, 0.3) is 0 Å². The summed E-state index contributed by atoms with van der Waals surface area (Å²) >= 11 is 8.89. The molecule has 0 aliphatic carbocycles. The molecule has 0 unspecified atom stereocenters. The van der Waals surface area contributed by atoms with Gasteiger partial charge in [-0.15, -0.1) is 4.37 Å². The lowest BCUT2D eigenvalue weighted by Crippen LogP contribution is -1.97. The summed E-state index contributed by atoms with van der Waals surface area (Å²) in [7, 11) is 0. The Bertz CT molecular complexity index is 475. The van der Waals surface area contributed by atoms with Crippen molar-refractivity contribution < 1.29 is 4.74 Å². The Labute approximate surface area is 107 Å². The van der Waals surface area contributed by atoms with Crippen molar-refractivity contribution in [2.45, 2.75) is 10.9 Å². The number of nitrogens with zero attached hydrogens (tertiary/aromatic N) is 2. The van der Waals surface area contributed by atoms with Gasteiger partial charge in [-0.2, -0.15) is 4.98 Å². The van der Waals surface area contributed by atoms with Crippen LogP contribution in [-0.4, -0.2) is 15.6 Å². The van der Waals surface area contributed by atoms with Crippen molar-refractivity contribution in [1.82, 2.24) is 9.36 Å². The van der Waals surface area contributed by atoms with Crippen LogP contribution in [0.2, 0.25) is 5.02 Å². The molecule has 1 aromatic heterocycles. The second-order valence-corrected chi connectivity index (χ2v) is 5.14. The fourth-order valence-electron chi connectivity index (χ4n) is 1.10. The van der Waals surface area contributed by atoms with Crippen LogP contribution in [0.15, 0.2) is 28.6 Å². The lowest BCUT2D eigenvalue weighted by atomic mass is 10.2. The Morgan fingerprint density at radius 2 is 2.25 bits per heavy atom. The number of rotatable bonds is 4. The molecule has 1 heterocycles. The summed E-state index contributed by atoms with van der Waals surface area (Å²) in [5.74, 6) is 0. The molecule has 0 saturated carbocycles. The predicted octanol–water partition coefficient (Wildman–Crippen LogP) is 3.49. The number of benzene rings is 1. The third-order valence-corrected chi connectivity index (χ3v) is 3.91. The molecule has 2 aromatic rings. The fourth-order valence-corrected chi connectivity index (χ4v) is 2.23. The second kappa shape index (κ2) is 5.52. The fraction of sp³-hybridized carbons (Fsp3) is 0.200. The topological polar surface area (TPSA) is 35.0 Å². The maximum Gasteiger partial charge on any atom is 0.329 e. The van der Waals surface area contributed by atoms with Crippen molar-refractivity contribution in [2.24, 2.45) is 0 Å². The van der Waals surface area contributed by atoms with Crippen LogP contribution in [0.1, 0.15) is 5.56 Å². The Balaban J connectivity index is 1.99. The van der Waals surface area contributed by atoms with E-state index in [9.17, 15) is 0 Å². The SMILES string of the molecule is CSc1nc(OCc2ccccc2Cl)ns1. The van der Waals surface area contributed by atoms with Crippen LogP contribution in [0.3, 0.4) is 0 Å². The van der Waals surface area contributed by atoms with Crippen molar-refractivity contribution in [1.29, 1.82) is 0 Å². The molecule has 16 heavy (non-hydrogen) atoms. The molecule has 3 nitrogen and oxygen atoms in total. The lowest BCUT2D eigenvalue weighted by Gasteiger charge is -2.03. The first-order chi connectivity index (χ1) is 7.79. The van der Waals surface area contributed by atoms with E-state index in [-0.39, 0.29) is 0 Å². The van der Waals surface area contributed by atoms with E-state index in [2.05, 4.69) is 9.36 Å². The average Bonchev–Trinajstić information content (AvgIpc) is 2.76. The molecule has 0 fully saturated rings. The van der Waals surface area contributed by atoms with Crippen LogP contribution in [0.25, 0.3) is 0 Å². The van der Waals surface area contributed by atoms with E-state index in [4.69, 9.17) is 16.3 Å². The number of hydrogen-bond acceptors (Lipinski definition) is 5. The van der Waals surface area contributed by atoms with Gasteiger partial charge in [0.05, 0.1) is 0 Å². The normalized spacial score (nSPS) is 10.4. The summed E-state index contributed by atoms with van der Waals surface area (Å²) in [4.78, 5) is 4.18. The molecule has 0 saturated heterocycles. The summed E-state index contributed by atoms with van der Waals surface area (Å²) in [6.07, 6.45) is 1.96. The smallest absolute Gasteiger partial charge is 0.329 e. The Kier molecular flexibility index (Phi) is 4.04. The summed E-state index contributed by atoms with van der Waals surface area (Å²) < 4.78 is 10.4. The Hall–Kier alpha value is -0.780.